The van der Waals surface area contributed by atoms with Gasteiger partial charge in [-0.05, 0) is 37.8 Å². The number of carbonyl (C=O) groups is 4. The second-order valence-corrected chi connectivity index (χ2v) is 7.70. The summed E-state index contributed by atoms with van der Waals surface area (Å²) < 4.78 is 0. The number of nitrogens with one attached hydrogen (secondary N) is 3. The molecule has 3 amide bonds. The van der Waals surface area contributed by atoms with Crippen LogP contribution in [-0.2, 0) is 25.6 Å². The lowest BCUT2D eigenvalue weighted by Crippen LogP contribution is -2.52. The number of nitrogens with two attached hydrogens (primary N) is 1. The zero-order valence-electron chi connectivity index (χ0n) is 17.3. The van der Waals surface area contributed by atoms with Crippen molar-refractivity contribution in [1.29, 1.82) is 0 Å². The fraction of sp³-hybridized carbons (Fsp3) is 0.429. The lowest BCUT2D eigenvalue weighted by Gasteiger charge is -2.22. The highest BCUT2D eigenvalue weighted by atomic mass is 16.4. The van der Waals surface area contributed by atoms with Crippen molar-refractivity contribution < 1.29 is 24.3 Å². The van der Waals surface area contributed by atoms with Gasteiger partial charge in [0.2, 0.25) is 17.7 Å². The van der Waals surface area contributed by atoms with Crippen molar-refractivity contribution in [3.8, 4) is 0 Å². The zero-order chi connectivity index (χ0) is 22.5. The van der Waals surface area contributed by atoms with E-state index in [9.17, 15) is 19.2 Å². The molecule has 2 aromatic rings. The standard InChI is InChI=1S/C21H27N5O5/c1-12(19(28)24-11-18(27)26-8-4-7-17(26)21(30)31)25-20(29)15(22)9-13-10-23-16-6-3-2-5-14(13)16/h2-3,5-6,10,12,15,17,23H,4,7-9,11,22H2,1H3,(H,24,28)(H,25,29)(H,30,31). The van der Waals surface area contributed by atoms with Crippen LogP contribution in [0.5, 0.6) is 0 Å². The van der Waals surface area contributed by atoms with E-state index in [0.717, 1.165) is 16.5 Å². The van der Waals surface area contributed by atoms with Crippen LogP contribution in [0.3, 0.4) is 0 Å². The van der Waals surface area contributed by atoms with Crippen LogP contribution >= 0.6 is 0 Å². The number of para-hydroxylation sites is 1. The Morgan fingerprint density at radius 1 is 1.26 bits per heavy atom. The summed E-state index contributed by atoms with van der Waals surface area (Å²) in [5, 5.41) is 15.1. The highest BCUT2D eigenvalue weighted by molar-refractivity contribution is 5.93. The highest BCUT2D eigenvalue weighted by Gasteiger charge is 2.34. The molecule has 0 aliphatic carbocycles. The molecule has 0 spiro atoms. The number of fused-ring (bicyclic) bond motifs is 1. The summed E-state index contributed by atoms with van der Waals surface area (Å²) in [5.74, 6) is -2.55. The number of amides is 3. The SMILES string of the molecule is CC(NC(=O)C(N)Cc1c[nH]c2ccccc12)C(=O)NCC(=O)N1CCCC1C(=O)O. The van der Waals surface area contributed by atoms with Crippen LogP contribution in [0.1, 0.15) is 25.3 Å². The number of carbonyl (C=O) groups excluding carboxylic acids is 3. The number of H-pyrrole nitrogens is 1. The average Bonchev–Trinajstić information content (AvgIpc) is 3.39. The maximum atomic E-state index is 12.4. The fourth-order valence-electron chi connectivity index (χ4n) is 3.76. The van der Waals surface area contributed by atoms with Crippen LogP contribution in [0.15, 0.2) is 30.5 Å². The summed E-state index contributed by atoms with van der Waals surface area (Å²) >= 11 is 0. The molecular formula is C21H27N5O5. The Labute approximate surface area is 179 Å². The molecule has 1 fully saturated rings. The van der Waals surface area contributed by atoms with Gasteiger partial charge in [0, 0.05) is 23.6 Å². The van der Waals surface area contributed by atoms with Gasteiger partial charge in [-0.2, -0.15) is 0 Å². The van der Waals surface area contributed by atoms with E-state index < -0.39 is 41.8 Å². The first-order chi connectivity index (χ1) is 14.8. The van der Waals surface area contributed by atoms with E-state index in [1.54, 1.807) is 0 Å². The number of hydrogen-bond acceptors (Lipinski definition) is 5. The minimum absolute atomic E-state index is 0.300. The van der Waals surface area contributed by atoms with Gasteiger partial charge in [0.25, 0.3) is 0 Å². The third-order valence-corrected chi connectivity index (χ3v) is 5.48. The number of carboxylic acids is 1. The van der Waals surface area contributed by atoms with E-state index in [0.29, 0.717) is 25.8 Å². The van der Waals surface area contributed by atoms with Crippen molar-refractivity contribution in [2.24, 2.45) is 5.73 Å². The molecule has 2 heterocycles. The minimum Gasteiger partial charge on any atom is -0.480 e. The first kappa shape index (κ1) is 22.3. The van der Waals surface area contributed by atoms with Crippen LogP contribution in [0.4, 0.5) is 0 Å². The molecule has 1 saturated heterocycles. The Morgan fingerprint density at radius 2 is 2.00 bits per heavy atom. The molecule has 10 nitrogen and oxygen atoms in total. The highest BCUT2D eigenvalue weighted by Crippen LogP contribution is 2.19. The quantitative estimate of drug-likeness (QED) is 0.389. The number of hydrogen-bond donors (Lipinski definition) is 5. The van der Waals surface area contributed by atoms with Gasteiger partial charge in [-0.3, -0.25) is 14.4 Å². The van der Waals surface area contributed by atoms with Gasteiger partial charge < -0.3 is 31.4 Å². The number of aromatic amines is 1. The van der Waals surface area contributed by atoms with E-state index in [2.05, 4.69) is 15.6 Å². The molecule has 1 aliphatic heterocycles. The van der Waals surface area contributed by atoms with E-state index in [-0.39, 0.29) is 6.54 Å². The van der Waals surface area contributed by atoms with E-state index in [1.165, 1.54) is 11.8 Å². The van der Waals surface area contributed by atoms with Gasteiger partial charge >= 0.3 is 5.97 Å². The second-order valence-electron chi connectivity index (χ2n) is 7.70. The maximum absolute atomic E-state index is 12.4. The summed E-state index contributed by atoms with van der Waals surface area (Å²) in [6.07, 6.45) is 3.11. The fourth-order valence-corrected chi connectivity index (χ4v) is 3.76. The third kappa shape index (κ3) is 5.21. The molecule has 6 N–H and O–H groups in total. The number of aromatic nitrogens is 1. The third-order valence-electron chi connectivity index (χ3n) is 5.48. The first-order valence-corrected chi connectivity index (χ1v) is 10.2. The summed E-state index contributed by atoms with van der Waals surface area (Å²) in [5.41, 5.74) is 7.87. The number of likely N-dealkylation sites (tertiary alicyclic amines) is 1. The normalized spacial score (nSPS) is 17.9. The Balaban J connectivity index is 1.48. The van der Waals surface area contributed by atoms with E-state index >= 15 is 0 Å². The zero-order valence-corrected chi connectivity index (χ0v) is 17.3. The Hall–Kier alpha value is -3.40. The molecule has 31 heavy (non-hydrogen) atoms. The summed E-state index contributed by atoms with van der Waals surface area (Å²) in [7, 11) is 0. The van der Waals surface area contributed by atoms with Gasteiger partial charge in [-0.15, -0.1) is 0 Å². The van der Waals surface area contributed by atoms with Gasteiger partial charge in [-0.25, -0.2) is 4.79 Å². The summed E-state index contributed by atoms with van der Waals surface area (Å²) in [4.78, 5) is 52.5. The number of aliphatic carboxylic acids is 1. The summed E-state index contributed by atoms with van der Waals surface area (Å²) in [6.45, 7) is 1.51. The molecule has 10 heteroatoms. The van der Waals surface area contributed by atoms with Gasteiger partial charge in [0.05, 0.1) is 12.6 Å². The van der Waals surface area contributed by atoms with Crippen LogP contribution in [0.2, 0.25) is 0 Å². The largest absolute Gasteiger partial charge is 0.480 e. The Bertz CT molecular complexity index is 987. The molecule has 1 aromatic heterocycles. The number of carboxylic acid groups (broad SMARTS) is 1. The average molecular weight is 429 g/mol. The molecule has 1 aromatic carbocycles. The van der Waals surface area contributed by atoms with Crippen molar-refractivity contribution in [1.82, 2.24) is 20.5 Å². The molecule has 0 radical (unpaired) electrons. The van der Waals surface area contributed by atoms with Crippen LogP contribution in [-0.4, -0.2) is 69.9 Å². The molecule has 3 atom stereocenters. The molecule has 0 saturated carbocycles. The van der Waals surface area contributed by atoms with Crippen LogP contribution in [0.25, 0.3) is 10.9 Å². The lowest BCUT2D eigenvalue weighted by atomic mass is 10.0. The van der Waals surface area contributed by atoms with E-state index in [4.69, 9.17) is 10.8 Å². The number of rotatable bonds is 8. The van der Waals surface area contributed by atoms with E-state index in [1.807, 2.05) is 30.5 Å². The summed E-state index contributed by atoms with van der Waals surface area (Å²) in [6, 6.07) is 5.07. The monoisotopic (exact) mass is 429 g/mol. The van der Waals surface area contributed by atoms with Crippen molar-refractivity contribution in [2.75, 3.05) is 13.1 Å². The van der Waals surface area contributed by atoms with Gasteiger partial charge in [-0.1, -0.05) is 18.2 Å². The van der Waals surface area contributed by atoms with Crippen molar-refractivity contribution in [3.63, 3.8) is 0 Å². The number of nitrogens with zero attached hydrogens (tertiary/aromatic N) is 1. The topological polar surface area (TPSA) is 158 Å². The minimum atomic E-state index is -1.05. The number of benzene rings is 1. The molecule has 1 aliphatic rings. The molecule has 0 bridgehead atoms. The Kier molecular flexibility index (Phi) is 6.91. The van der Waals surface area contributed by atoms with Crippen molar-refractivity contribution >= 4 is 34.6 Å². The van der Waals surface area contributed by atoms with Gasteiger partial charge in [0.1, 0.15) is 12.1 Å². The molecule has 3 unspecified atom stereocenters. The van der Waals surface area contributed by atoms with Crippen molar-refractivity contribution in [2.45, 2.75) is 44.3 Å². The maximum Gasteiger partial charge on any atom is 0.326 e. The van der Waals surface area contributed by atoms with Gasteiger partial charge in [0.15, 0.2) is 0 Å². The second kappa shape index (κ2) is 9.61. The molecule has 3 rings (SSSR count). The molecule has 166 valence electrons. The lowest BCUT2D eigenvalue weighted by molar-refractivity contribution is -0.148. The van der Waals surface area contributed by atoms with Crippen LogP contribution in [0, 0.1) is 0 Å². The Morgan fingerprint density at radius 3 is 2.74 bits per heavy atom. The predicted molar refractivity (Wildman–Crippen MR) is 113 cm³/mol. The van der Waals surface area contributed by atoms with Crippen molar-refractivity contribution in [3.05, 3.63) is 36.0 Å². The van der Waals surface area contributed by atoms with Crippen LogP contribution < -0.4 is 16.4 Å². The first-order valence-electron chi connectivity index (χ1n) is 10.2. The predicted octanol–water partition coefficient (Wildman–Crippen LogP) is -0.266. The molecular weight excluding hydrogens is 402 g/mol. The smallest absolute Gasteiger partial charge is 0.326 e.